The summed E-state index contributed by atoms with van der Waals surface area (Å²) in [6.07, 6.45) is 1.06. The van der Waals surface area contributed by atoms with Crippen molar-refractivity contribution in [2.75, 3.05) is 13.6 Å². The molecule has 2 N–H and O–H groups in total. The number of amides is 2. The predicted molar refractivity (Wildman–Crippen MR) is 39.6 cm³/mol. The van der Waals surface area contributed by atoms with E-state index in [9.17, 15) is 9.59 Å². The molecule has 0 bridgehead atoms. The Balaban J connectivity index is 2.52. The van der Waals surface area contributed by atoms with E-state index < -0.39 is 0 Å². The second kappa shape index (κ2) is 2.90. The molecule has 11 heavy (non-hydrogen) atoms. The van der Waals surface area contributed by atoms with Crippen LogP contribution in [-0.4, -0.2) is 30.3 Å². The van der Waals surface area contributed by atoms with Gasteiger partial charge < -0.3 is 10.6 Å². The number of carbonyl (C=O) groups excluding carboxylic acids is 2. The zero-order valence-electron chi connectivity index (χ0n) is 6.54. The van der Waals surface area contributed by atoms with E-state index in [0.717, 1.165) is 0 Å². The first-order chi connectivity index (χ1) is 5.11. The normalized spacial score (nSPS) is 25.4. The fourth-order valence-electron chi connectivity index (χ4n) is 1.24. The molecule has 0 aliphatic carbocycles. The lowest BCUT2D eigenvalue weighted by Crippen LogP contribution is -2.42. The molecule has 1 saturated heterocycles. The van der Waals surface area contributed by atoms with E-state index in [2.05, 4.69) is 0 Å². The molecule has 4 nitrogen and oxygen atoms in total. The molecule has 0 spiro atoms. The summed E-state index contributed by atoms with van der Waals surface area (Å²) in [5, 5.41) is 0. The molecule has 0 aromatic rings. The van der Waals surface area contributed by atoms with Crippen molar-refractivity contribution in [2.24, 2.45) is 11.7 Å². The van der Waals surface area contributed by atoms with Crippen LogP contribution in [0.5, 0.6) is 0 Å². The maximum absolute atomic E-state index is 10.9. The molecule has 1 unspecified atom stereocenters. The molecule has 1 fully saturated rings. The van der Waals surface area contributed by atoms with Crippen molar-refractivity contribution in [3.8, 4) is 0 Å². The Hall–Kier alpha value is -1.06. The highest BCUT2D eigenvalue weighted by molar-refractivity contribution is 5.82. The number of hydrogen-bond donors (Lipinski definition) is 1. The van der Waals surface area contributed by atoms with Crippen LogP contribution in [0.1, 0.15) is 12.8 Å². The summed E-state index contributed by atoms with van der Waals surface area (Å²) in [6, 6.07) is 0. The molecule has 0 radical (unpaired) electrons. The molecule has 1 aliphatic heterocycles. The van der Waals surface area contributed by atoms with Crippen LogP contribution in [0.25, 0.3) is 0 Å². The van der Waals surface area contributed by atoms with E-state index in [4.69, 9.17) is 5.73 Å². The topological polar surface area (TPSA) is 63.4 Å². The van der Waals surface area contributed by atoms with Crippen LogP contribution in [0.3, 0.4) is 0 Å². The van der Waals surface area contributed by atoms with Gasteiger partial charge >= 0.3 is 0 Å². The number of carbonyl (C=O) groups is 2. The molecule has 1 atom stereocenters. The SMILES string of the molecule is CN1CC(C(N)=O)CCC1=O. The van der Waals surface area contributed by atoms with Gasteiger partial charge in [0.2, 0.25) is 11.8 Å². The van der Waals surface area contributed by atoms with E-state index in [0.29, 0.717) is 19.4 Å². The van der Waals surface area contributed by atoms with Gasteiger partial charge in [0, 0.05) is 20.0 Å². The monoisotopic (exact) mass is 156 g/mol. The van der Waals surface area contributed by atoms with E-state index in [1.165, 1.54) is 0 Å². The summed E-state index contributed by atoms with van der Waals surface area (Å²) in [6.45, 7) is 0.480. The highest BCUT2D eigenvalue weighted by Gasteiger charge is 2.26. The van der Waals surface area contributed by atoms with E-state index in [1.54, 1.807) is 11.9 Å². The molecule has 4 heteroatoms. The quantitative estimate of drug-likeness (QED) is 0.547. The molecular formula is C7H12N2O2. The molecule has 62 valence electrons. The lowest BCUT2D eigenvalue weighted by Gasteiger charge is -2.27. The van der Waals surface area contributed by atoms with Crippen LogP contribution in [0.2, 0.25) is 0 Å². The van der Waals surface area contributed by atoms with Gasteiger partial charge in [-0.3, -0.25) is 9.59 Å². The maximum Gasteiger partial charge on any atom is 0.222 e. The number of nitrogens with two attached hydrogens (primary N) is 1. The highest BCUT2D eigenvalue weighted by Crippen LogP contribution is 2.14. The Morgan fingerprint density at radius 2 is 2.36 bits per heavy atom. The third kappa shape index (κ3) is 1.69. The highest BCUT2D eigenvalue weighted by atomic mass is 16.2. The van der Waals surface area contributed by atoms with Gasteiger partial charge in [-0.25, -0.2) is 0 Å². The average molecular weight is 156 g/mol. The van der Waals surface area contributed by atoms with Crippen LogP contribution < -0.4 is 5.73 Å². The fourth-order valence-corrected chi connectivity index (χ4v) is 1.24. The van der Waals surface area contributed by atoms with Crippen LogP contribution in [0, 0.1) is 5.92 Å². The van der Waals surface area contributed by atoms with Gasteiger partial charge in [0.1, 0.15) is 0 Å². The van der Waals surface area contributed by atoms with Gasteiger partial charge in [0.25, 0.3) is 0 Å². The second-order valence-corrected chi connectivity index (χ2v) is 2.91. The number of hydrogen-bond acceptors (Lipinski definition) is 2. The Kier molecular flexibility index (Phi) is 2.12. The molecule has 0 saturated carbocycles. The summed E-state index contributed by atoms with van der Waals surface area (Å²) in [5.74, 6) is -0.343. The molecule has 2 amide bonds. The molecular weight excluding hydrogens is 144 g/mol. The van der Waals surface area contributed by atoms with Gasteiger partial charge in [-0.1, -0.05) is 0 Å². The first-order valence-corrected chi connectivity index (χ1v) is 3.64. The predicted octanol–water partition coefficient (Wildman–Crippen LogP) is -0.660. The van der Waals surface area contributed by atoms with Crippen molar-refractivity contribution in [1.82, 2.24) is 4.90 Å². The van der Waals surface area contributed by atoms with Crippen molar-refractivity contribution >= 4 is 11.8 Å². The number of rotatable bonds is 1. The summed E-state index contributed by atoms with van der Waals surface area (Å²) in [7, 11) is 1.69. The third-order valence-electron chi connectivity index (χ3n) is 2.03. The fraction of sp³-hybridized carbons (Fsp3) is 0.714. The van der Waals surface area contributed by atoms with E-state index in [1.807, 2.05) is 0 Å². The Labute approximate surface area is 65.3 Å². The summed E-state index contributed by atoms with van der Waals surface area (Å²) >= 11 is 0. The minimum absolute atomic E-state index is 0.0995. The smallest absolute Gasteiger partial charge is 0.222 e. The Morgan fingerprint density at radius 1 is 1.73 bits per heavy atom. The van der Waals surface area contributed by atoms with Gasteiger partial charge in [0.05, 0.1) is 5.92 Å². The zero-order chi connectivity index (χ0) is 8.43. The van der Waals surface area contributed by atoms with Crippen molar-refractivity contribution in [1.29, 1.82) is 0 Å². The molecule has 1 heterocycles. The first kappa shape index (κ1) is 8.04. The van der Waals surface area contributed by atoms with Crippen molar-refractivity contribution in [3.05, 3.63) is 0 Å². The Bertz CT molecular complexity index is 191. The van der Waals surface area contributed by atoms with Crippen molar-refractivity contribution in [2.45, 2.75) is 12.8 Å². The summed E-state index contributed by atoms with van der Waals surface area (Å²) < 4.78 is 0. The number of piperidine rings is 1. The zero-order valence-corrected chi connectivity index (χ0v) is 6.54. The minimum atomic E-state index is -0.302. The van der Waals surface area contributed by atoms with Gasteiger partial charge in [-0.15, -0.1) is 0 Å². The number of primary amides is 1. The van der Waals surface area contributed by atoms with Gasteiger partial charge in [-0.2, -0.15) is 0 Å². The van der Waals surface area contributed by atoms with Crippen LogP contribution in [0.15, 0.2) is 0 Å². The largest absolute Gasteiger partial charge is 0.369 e. The average Bonchev–Trinajstić information content (AvgIpc) is 1.94. The standard InChI is InChI=1S/C7H12N2O2/c1-9-4-5(7(8)11)2-3-6(9)10/h5H,2-4H2,1H3,(H2,8,11). The first-order valence-electron chi connectivity index (χ1n) is 3.64. The maximum atomic E-state index is 10.9. The van der Waals surface area contributed by atoms with Crippen LogP contribution >= 0.6 is 0 Å². The van der Waals surface area contributed by atoms with Gasteiger partial charge in [-0.05, 0) is 6.42 Å². The molecule has 1 rings (SSSR count). The number of likely N-dealkylation sites (tertiary alicyclic amines) is 1. The van der Waals surface area contributed by atoms with Gasteiger partial charge in [0.15, 0.2) is 0 Å². The lowest BCUT2D eigenvalue weighted by molar-refractivity contribution is -0.135. The third-order valence-corrected chi connectivity index (χ3v) is 2.03. The van der Waals surface area contributed by atoms with Crippen LogP contribution in [0.4, 0.5) is 0 Å². The molecule has 0 aromatic carbocycles. The number of nitrogens with zero attached hydrogens (tertiary/aromatic N) is 1. The minimum Gasteiger partial charge on any atom is -0.369 e. The lowest BCUT2D eigenvalue weighted by atomic mass is 9.98. The van der Waals surface area contributed by atoms with Crippen molar-refractivity contribution < 1.29 is 9.59 Å². The molecule has 0 aromatic heterocycles. The second-order valence-electron chi connectivity index (χ2n) is 2.91. The molecule has 1 aliphatic rings. The Morgan fingerprint density at radius 3 is 2.82 bits per heavy atom. The van der Waals surface area contributed by atoms with E-state index in [-0.39, 0.29) is 17.7 Å². The van der Waals surface area contributed by atoms with E-state index >= 15 is 0 Å². The summed E-state index contributed by atoms with van der Waals surface area (Å²) in [5.41, 5.74) is 5.10. The van der Waals surface area contributed by atoms with Crippen molar-refractivity contribution in [3.63, 3.8) is 0 Å². The summed E-state index contributed by atoms with van der Waals surface area (Å²) in [4.78, 5) is 23.2. The van der Waals surface area contributed by atoms with Crippen LogP contribution in [-0.2, 0) is 9.59 Å².